The van der Waals surface area contributed by atoms with Gasteiger partial charge in [0.1, 0.15) is 17.4 Å². The highest BCUT2D eigenvalue weighted by atomic mass is 19.1. The molecule has 0 bridgehead atoms. The maximum atomic E-state index is 13.2. The Balaban J connectivity index is 1.80. The summed E-state index contributed by atoms with van der Waals surface area (Å²) in [6.45, 7) is 0.966. The monoisotopic (exact) mass is 237 g/mol. The molecule has 0 aliphatic heterocycles. The second kappa shape index (κ2) is 5.59. The van der Waals surface area contributed by atoms with Gasteiger partial charge in [-0.3, -0.25) is 0 Å². The molecule has 0 aliphatic carbocycles. The molecule has 0 aliphatic rings. The lowest BCUT2D eigenvalue weighted by Gasteiger charge is -2.05. The summed E-state index contributed by atoms with van der Waals surface area (Å²) in [5.74, 6) is 0.0587. The van der Waals surface area contributed by atoms with Gasteiger partial charge in [0.2, 0.25) is 0 Å². The maximum absolute atomic E-state index is 13.2. The van der Waals surface area contributed by atoms with Gasteiger partial charge in [-0.25, -0.2) is 8.78 Å². The van der Waals surface area contributed by atoms with Crippen LogP contribution in [0.15, 0.2) is 41.0 Å². The first-order valence-corrected chi connectivity index (χ1v) is 5.43. The molecule has 2 nitrogen and oxygen atoms in total. The summed E-state index contributed by atoms with van der Waals surface area (Å²) in [5, 5.41) is 3.04. The number of rotatable bonds is 5. The van der Waals surface area contributed by atoms with Crippen LogP contribution < -0.4 is 5.32 Å². The van der Waals surface area contributed by atoms with Crippen LogP contribution >= 0.6 is 0 Å². The van der Waals surface area contributed by atoms with Crippen LogP contribution in [0.5, 0.6) is 0 Å². The van der Waals surface area contributed by atoms with Gasteiger partial charge in [0, 0.05) is 25.1 Å². The van der Waals surface area contributed by atoms with E-state index in [1.54, 1.807) is 6.26 Å². The minimum atomic E-state index is -0.422. The molecular weight excluding hydrogens is 224 g/mol. The van der Waals surface area contributed by atoms with E-state index >= 15 is 0 Å². The molecule has 4 heteroatoms. The average molecular weight is 237 g/mol. The average Bonchev–Trinajstić information content (AvgIpc) is 2.82. The number of furan rings is 1. The smallest absolute Gasteiger partial charge is 0.127 e. The summed E-state index contributed by atoms with van der Waals surface area (Å²) in [6, 6.07) is 7.15. The Bertz CT molecular complexity index is 468. The van der Waals surface area contributed by atoms with E-state index in [9.17, 15) is 8.78 Å². The van der Waals surface area contributed by atoms with Crippen LogP contribution in [0.2, 0.25) is 0 Å². The molecule has 0 spiro atoms. The van der Waals surface area contributed by atoms with Crippen LogP contribution in [-0.4, -0.2) is 6.54 Å². The lowest BCUT2D eigenvalue weighted by Crippen LogP contribution is -2.17. The summed E-state index contributed by atoms with van der Waals surface area (Å²) < 4.78 is 31.3. The first-order valence-electron chi connectivity index (χ1n) is 5.43. The molecule has 0 amide bonds. The normalized spacial score (nSPS) is 10.7. The van der Waals surface area contributed by atoms with Gasteiger partial charge in [-0.1, -0.05) is 0 Å². The number of hydrogen-bond acceptors (Lipinski definition) is 2. The molecule has 1 aromatic carbocycles. The van der Waals surface area contributed by atoms with Crippen molar-refractivity contribution in [2.75, 3.05) is 6.54 Å². The molecule has 2 aromatic rings. The summed E-state index contributed by atoms with van der Waals surface area (Å²) in [5.41, 5.74) is 0.337. The largest absolute Gasteiger partial charge is 0.469 e. The lowest BCUT2D eigenvalue weighted by molar-refractivity contribution is 0.496. The lowest BCUT2D eigenvalue weighted by atomic mass is 10.2. The third-order valence-electron chi connectivity index (χ3n) is 2.45. The zero-order valence-corrected chi connectivity index (χ0v) is 9.25. The Morgan fingerprint density at radius 2 is 2.06 bits per heavy atom. The minimum absolute atomic E-state index is 0.310. The van der Waals surface area contributed by atoms with E-state index < -0.39 is 11.6 Å². The summed E-state index contributed by atoms with van der Waals surface area (Å²) in [6.07, 6.45) is 2.34. The fourth-order valence-electron chi connectivity index (χ4n) is 1.57. The summed E-state index contributed by atoms with van der Waals surface area (Å²) in [7, 11) is 0. The maximum Gasteiger partial charge on any atom is 0.127 e. The van der Waals surface area contributed by atoms with E-state index in [1.165, 1.54) is 6.07 Å². The Morgan fingerprint density at radius 1 is 1.18 bits per heavy atom. The van der Waals surface area contributed by atoms with Gasteiger partial charge in [0.05, 0.1) is 6.26 Å². The third kappa shape index (κ3) is 3.39. The number of nitrogens with one attached hydrogen (secondary N) is 1. The zero-order chi connectivity index (χ0) is 12.1. The fraction of sp³-hybridized carbons (Fsp3) is 0.231. The van der Waals surface area contributed by atoms with Crippen LogP contribution in [0.4, 0.5) is 8.78 Å². The molecule has 2 rings (SSSR count). The molecule has 0 fully saturated rings. The van der Waals surface area contributed by atoms with Crippen molar-refractivity contribution in [2.24, 2.45) is 0 Å². The van der Waals surface area contributed by atoms with Crippen LogP contribution in [0, 0.1) is 11.6 Å². The van der Waals surface area contributed by atoms with Crippen molar-refractivity contribution in [3.8, 4) is 0 Å². The Morgan fingerprint density at radius 3 is 2.82 bits per heavy atom. The standard InChI is InChI=1S/C13H13F2NO/c14-11-3-4-13(15)10(8-11)9-16-6-5-12-2-1-7-17-12/h1-4,7-8,16H,5-6,9H2. The van der Waals surface area contributed by atoms with E-state index in [-0.39, 0.29) is 0 Å². The second-order valence-corrected chi connectivity index (χ2v) is 3.74. The van der Waals surface area contributed by atoms with Gasteiger partial charge in [0.25, 0.3) is 0 Å². The highest BCUT2D eigenvalue weighted by Gasteiger charge is 2.03. The van der Waals surface area contributed by atoms with Crippen LogP contribution in [-0.2, 0) is 13.0 Å². The molecule has 1 heterocycles. The Hall–Kier alpha value is -1.68. The Labute approximate surface area is 98.3 Å². The van der Waals surface area contributed by atoms with E-state index in [2.05, 4.69) is 5.32 Å². The van der Waals surface area contributed by atoms with E-state index in [0.717, 1.165) is 24.3 Å². The molecule has 0 atom stereocenters. The van der Waals surface area contributed by atoms with Crippen molar-refractivity contribution in [3.05, 3.63) is 59.6 Å². The highest BCUT2D eigenvalue weighted by molar-refractivity contribution is 5.18. The van der Waals surface area contributed by atoms with E-state index in [0.29, 0.717) is 18.7 Å². The number of halogens is 2. The first-order chi connectivity index (χ1) is 8.25. The van der Waals surface area contributed by atoms with Gasteiger partial charge in [0.15, 0.2) is 0 Å². The molecule has 90 valence electrons. The molecular formula is C13H13F2NO. The molecule has 0 radical (unpaired) electrons. The summed E-state index contributed by atoms with van der Waals surface area (Å²) >= 11 is 0. The van der Waals surface area contributed by atoms with Crippen molar-refractivity contribution in [1.82, 2.24) is 5.32 Å². The predicted molar refractivity (Wildman–Crippen MR) is 60.5 cm³/mol. The fourth-order valence-corrected chi connectivity index (χ4v) is 1.57. The number of hydrogen-bond donors (Lipinski definition) is 1. The van der Waals surface area contributed by atoms with Gasteiger partial charge >= 0.3 is 0 Å². The predicted octanol–water partition coefficient (Wildman–Crippen LogP) is 2.89. The van der Waals surface area contributed by atoms with Gasteiger partial charge in [-0.2, -0.15) is 0 Å². The zero-order valence-electron chi connectivity index (χ0n) is 9.25. The minimum Gasteiger partial charge on any atom is -0.469 e. The molecule has 1 N–H and O–H groups in total. The highest BCUT2D eigenvalue weighted by Crippen LogP contribution is 2.09. The van der Waals surface area contributed by atoms with Crippen molar-refractivity contribution in [1.29, 1.82) is 0 Å². The van der Waals surface area contributed by atoms with Gasteiger partial charge in [-0.05, 0) is 30.3 Å². The third-order valence-corrected chi connectivity index (χ3v) is 2.45. The van der Waals surface area contributed by atoms with E-state index in [4.69, 9.17) is 4.42 Å². The Kier molecular flexibility index (Phi) is 3.88. The van der Waals surface area contributed by atoms with E-state index in [1.807, 2.05) is 12.1 Å². The molecule has 0 saturated heterocycles. The van der Waals surface area contributed by atoms with Crippen molar-refractivity contribution >= 4 is 0 Å². The molecule has 1 aromatic heterocycles. The topological polar surface area (TPSA) is 25.2 Å². The molecule has 0 unspecified atom stereocenters. The first kappa shape index (κ1) is 11.8. The van der Waals surface area contributed by atoms with Crippen molar-refractivity contribution in [2.45, 2.75) is 13.0 Å². The van der Waals surface area contributed by atoms with Crippen LogP contribution in [0.25, 0.3) is 0 Å². The van der Waals surface area contributed by atoms with Crippen LogP contribution in [0.1, 0.15) is 11.3 Å². The quantitative estimate of drug-likeness (QED) is 0.809. The van der Waals surface area contributed by atoms with Gasteiger partial charge in [-0.15, -0.1) is 0 Å². The molecule has 17 heavy (non-hydrogen) atoms. The summed E-state index contributed by atoms with van der Waals surface area (Å²) in [4.78, 5) is 0. The SMILES string of the molecule is Fc1ccc(F)c(CNCCc2ccco2)c1. The van der Waals surface area contributed by atoms with Crippen LogP contribution in [0.3, 0.4) is 0 Å². The second-order valence-electron chi connectivity index (χ2n) is 3.74. The van der Waals surface area contributed by atoms with Crippen molar-refractivity contribution < 1.29 is 13.2 Å². The number of benzene rings is 1. The van der Waals surface area contributed by atoms with Gasteiger partial charge < -0.3 is 9.73 Å². The van der Waals surface area contributed by atoms with Crippen molar-refractivity contribution in [3.63, 3.8) is 0 Å². The molecule has 0 saturated carbocycles.